The van der Waals surface area contributed by atoms with Gasteiger partial charge >= 0.3 is 0 Å². The summed E-state index contributed by atoms with van der Waals surface area (Å²) in [5.41, 5.74) is 8.88. The van der Waals surface area contributed by atoms with Crippen molar-refractivity contribution in [2.24, 2.45) is 0 Å². The van der Waals surface area contributed by atoms with Crippen LogP contribution < -0.4 is 11.1 Å². The van der Waals surface area contributed by atoms with Crippen molar-refractivity contribution < 1.29 is 0 Å². The molecule has 16 heavy (non-hydrogen) atoms. The third-order valence-electron chi connectivity index (χ3n) is 2.51. The lowest BCUT2D eigenvalue weighted by Crippen LogP contribution is -2.02. The van der Waals surface area contributed by atoms with Crippen molar-refractivity contribution in [1.29, 1.82) is 0 Å². The van der Waals surface area contributed by atoms with Crippen LogP contribution in [0.25, 0.3) is 0 Å². The number of anilines is 2. The zero-order chi connectivity index (χ0) is 11.5. The molecule has 4 heteroatoms. The van der Waals surface area contributed by atoms with E-state index >= 15 is 0 Å². The molecule has 0 radical (unpaired) electrons. The second-order valence-electron chi connectivity index (χ2n) is 3.71. The highest BCUT2D eigenvalue weighted by molar-refractivity contribution is 7.15. The van der Waals surface area contributed by atoms with E-state index in [-0.39, 0.29) is 0 Å². The lowest BCUT2D eigenvalue weighted by Gasteiger charge is -2.05. The molecule has 0 spiro atoms. The smallest absolute Gasteiger partial charge is 0.183 e. The topological polar surface area (TPSA) is 50.9 Å². The molecule has 0 aliphatic carbocycles. The Morgan fingerprint density at radius 2 is 2.06 bits per heavy atom. The molecule has 1 aromatic carbocycles. The van der Waals surface area contributed by atoms with Gasteiger partial charge in [0.1, 0.15) is 0 Å². The van der Waals surface area contributed by atoms with Gasteiger partial charge in [0.25, 0.3) is 0 Å². The number of thiazole rings is 1. The number of aromatic nitrogens is 1. The van der Waals surface area contributed by atoms with Gasteiger partial charge in [-0.25, -0.2) is 4.98 Å². The summed E-state index contributed by atoms with van der Waals surface area (Å²) in [6.45, 7) is 4.82. The normalized spacial score (nSPS) is 10.4. The molecule has 1 heterocycles. The highest BCUT2D eigenvalue weighted by atomic mass is 32.1. The Kier molecular flexibility index (Phi) is 3.10. The number of para-hydroxylation sites is 1. The number of hydrogen-bond donors (Lipinski definition) is 2. The van der Waals surface area contributed by atoms with Gasteiger partial charge in [0.05, 0.1) is 5.69 Å². The van der Waals surface area contributed by atoms with E-state index in [1.807, 2.05) is 31.2 Å². The maximum absolute atomic E-state index is 5.86. The highest BCUT2D eigenvalue weighted by Gasteiger charge is 2.03. The number of hydrogen-bond acceptors (Lipinski definition) is 4. The van der Waals surface area contributed by atoms with Crippen LogP contribution in [0.5, 0.6) is 0 Å². The summed E-state index contributed by atoms with van der Waals surface area (Å²) in [7, 11) is 0. The minimum Gasteiger partial charge on any atom is -0.398 e. The van der Waals surface area contributed by atoms with Crippen molar-refractivity contribution in [2.45, 2.75) is 20.4 Å². The first kappa shape index (κ1) is 11.0. The molecular formula is C12H15N3S. The average molecular weight is 233 g/mol. The number of nitrogens with one attached hydrogen (secondary N) is 1. The summed E-state index contributed by atoms with van der Waals surface area (Å²) in [5, 5.41) is 4.25. The van der Waals surface area contributed by atoms with Crippen LogP contribution in [0.1, 0.15) is 16.1 Å². The predicted molar refractivity (Wildman–Crippen MR) is 69.8 cm³/mol. The Labute approximate surface area is 99.3 Å². The van der Waals surface area contributed by atoms with E-state index in [0.29, 0.717) is 0 Å². The molecule has 0 saturated heterocycles. The molecule has 3 nitrogen and oxygen atoms in total. The summed E-state index contributed by atoms with van der Waals surface area (Å²) in [6, 6.07) is 7.87. The van der Waals surface area contributed by atoms with Gasteiger partial charge in [-0.2, -0.15) is 0 Å². The van der Waals surface area contributed by atoms with Crippen LogP contribution >= 0.6 is 11.3 Å². The van der Waals surface area contributed by atoms with Crippen molar-refractivity contribution in [3.8, 4) is 0 Å². The summed E-state index contributed by atoms with van der Waals surface area (Å²) in [4.78, 5) is 5.67. The molecule has 3 N–H and O–H groups in total. The minimum atomic E-state index is 0.721. The number of nitrogen functional groups attached to an aromatic ring is 1. The number of benzene rings is 1. The van der Waals surface area contributed by atoms with Crippen LogP contribution in [0.2, 0.25) is 0 Å². The zero-order valence-corrected chi connectivity index (χ0v) is 10.3. The van der Waals surface area contributed by atoms with Gasteiger partial charge in [0.2, 0.25) is 0 Å². The van der Waals surface area contributed by atoms with Crippen LogP contribution in [0, 0.1) is 13.8 Å². The molecule has 0 amide bonds. The van der Waals surface area contributed by atoms with Crippen molar-refractivity contribution in [2.75, 3.05) is 11.1 Å². The Morgan fingerprint density at radius 1 is 1.31 bits per heavy atom. The largest absolute Gasteiger partial charge is 0.398 e. The summed E-state index contributed by atoms with van der Waals surface area (Å²) in [6.07, 6.45) is 0. The van der Waals surface area contributed by atoms with E-state index in [1.165, 1.54) is 4.88 Å². The fourth-order valence-electron chi connectivity index (χ4n) is 1.41. The van der Waals surface area contributed by atoms with Crippen molar-refractivity contribution in [1.82, 2.24) is 4.98 Å². The first-order valence-electron chi connectivity index (χ1n) is 5.18. The van der Waals surface area contributed by atoms with E-state index in [9.17, 15) is 0 Å². The van der Waals surface area contributed by atoms with Crippen LogP contribution in [0.4, 0.5) is 10.8 Å². The van der Waals surface area contributed by atoms with E-state index in [4.69, 9.17) is 5.73 Å². The van der Waals surface area contributed by atoms with Crippen LogP contribution in [-0.2, 0) is 6.54 Å². The maximum Gasteiger partial charge on any atom is 0.183 e. The number of rotatable bonds is 3. The zero-order valence-electron chi connectivity index (χ0n) is 9.45. The van der Waals surface area contributed by atoms with Gasteiger partial charge < -0.3 is 11.1 Å². The Hall–Kier alpha value is -1.55. The van der Waals surface area contributed by atoms with Gasteiger partial charge in [-0.15, -0.1) is 11.3 Å². The standard InChI is InChI=1S/C12H15N3S/c1-8-9(2)16-12(15-8)14-7-10-5-3-4-6-11(10)13/h3-6H,7,13H2,1-2H3,(H,14,15). The molecule has 0 aliphatic heterocycles. The Morgan fingerprint density at radius 3 is 2.69 bits per heavy atom. The van der Waals surface area contributed by atoms with Crippen molar-refractivity contribution >= 4 is 22.2 Å². The van der Waals surface area contributed by atoms with Gasteiger partial charge in [-0.1, -0.05) is 18.2 Å². The highest BCUT2D eigenvalue weighted by Crippen LogP contribution is 2.22. The predicted octanol–water partition coefficient (Wildman–Crippen LogP) is 2.95. The molecule has 0 unspecified atom stereocenters. The monoisotopic (exact) mass is 233 g/mol. The third-order valence-corrected chi connectivity index (χ3v) is 3.54. The van der Waals surface area contributed by atoms with E-state index in [0.717, 1.165) is 28.6 Å². The lowest BCUT2D eigenvalue weighted by molar-refractivity contribution is 1.12. The average Bonchev–Trinajstić information content (AvgIpc) is 2.57. The number of aryl methyl sites for hydroxylation is 2. The molecule has 0 bridgehead atoms. The molecular weight excluding hydrogens is 218 g/mol. The molecule has 2 aromatic rings. The van der Waals surface area contributed by atoms with Crippen LogP contribution in [0.15, 0.2) is 24.3 Å². The number of nitrogens with two attached hydrogens (primary N) is 1. The van der Waals surface area contributed by atoms with E-state index in [2.05, 4.69) is 17.2 Å². The second kappa shape index (κ2) is 4.53. The van der Waals surface area contributed by atoms with E-state index < -0.39 is 0 Å². The van der Waals surface area contributed by atoms with Crippen LogP contribution in [-0.4, -0.2) is 4.98 Å². The molecule has 0 fully saturated rings. The molecule has 0 atom stereocenters. The fourth-order valence-corrected chi connectivity index (χ4v) is 2.22. The minimum absolute atomic E-state index is 0.721. The fraction of sp³-hybridized carbons (Fsp3) is 0.250. The van der Waals surface area contributed by atoms with Crippen molar-refractivity contribution in [3.05, 3.63) is 40.4 Å². The van der Waals surface area contributed by atoms with Gasteiger partial charge in [-0.3, -0.25) is 0 Å². The quantitative estimate of drug-likeness (QED) is 0.801. The van der Waals surface area contributed by atoms with Gasteiger partial charge in [0, 0.05) is 17.1 Å². The first-order chi connectivity index (χ1) is 7.66. The molecule has 0 aliphatic rings. The summed E-state index contributed by atoms with van der Waals surface area (Å²) < 4.78 is 0. The molecule has 84 valence electrons. The SMILES string of the molecule is Cc1nc(NCc2ccccc2N)sc1C. The summed E-state index contributed by atoms with van der Waals surface area (Å²) >= 11 is 1.68. The van der Waals surface area contributed by atoms with E-state index in [1.54, 1.807) is 11.3 Å². The molecule has 2 rings (SSSR count). The molecule has 1 aromatic heterocycles. The van der Waals surface area contributed by atoms with Crippen molar-refractivity contribution in [3.63, 3.8) is 0 Å². The first-order valence-corrected chi connectivity index (χ1v) is 6.00. The van der Waals surface area contributed by atoms with Crippen LogP contribution in [0.3, 0.4) is 0 Å². The second-order valence-corrected chi connectivity index (χ2v) is 4.92. The Bertz CT molecular complexity index is 471. The van der Waals surface area contributed by atoms with Gasteiger partial charge in [-0.05, 0) is 25.5 Å². The third kappa shape index (κ3) is 2.33. The summed E-state index contributed by atoms with van der Waals surface area (Å²) in [5.74, 6) is 0. The lowest BCUT2D eigenvalue weighted by atomic mass is 10.2. The number of nitrogens with zero attached hydrogens (tertiary/aromatic N) is 1. The van der Waals surface area contributed by atoms with Gasteiger partial charge in [0.15, 0.2) is 5.13 Å². The Balaban J connectivity index is 2.05. The molecule has 0 saturated carbocycles. The maximum atomic E-state index is 5.86.